The first-order valence-electron chi connectivity index (χ1n) is 8.74. The van der Waals surface area contributed by atoms with E-state index in [-0.39, 0.29) is 22.3 Å². The highest BCUT2D eigenvalue weighted by molar-refractivity contribution is 6.04. The molecule has 1 aromatic carbocycles. The number of ketones is 1. The van der Waals surface area contributed by atoms with Crippen LogP contribution >= 0.6 is 0 Å². The third-order valence-electron chi connectivity index (χ3n) is 4.75. The minimum absolute atomic E-state index is 0.0617. The second-order valence-corrected chi connectivity index (χ2v) is 7.92. The number of aromatic amines is 1. The molecule has 134 valence electrons. The van der Waals surface area contributed by atoms with Gasteiger partial charge >= 0.3 is 0 Å². The second kappa shape index (κ2) is 6.20. The van der Waals surface area contributed by atoms with E-state index in [0.717, 1.165) is 16.8 Å². The molecular weight excluding hydrogens is 324 g/mol. The Balaban J connectivity index is 2.26. The van der Waals surface area contributed by atoms with Crippen molar-refractivity contribution in [2.24, 2.45) is 0 Å². The molecule has 4 nitrogen and oxygen atoms in total. The Kier molecular flexibility index (Phi) is 4.31. The lowest BCUT2D eigenvalue weighted by molar-refractivity contribution is 0.101. The van der Waals surface area contributed by atoms with Gasteiger partial charge in [-0.15, -0.1) is 0 Å². The summed E-state index contributed by atoms with van der Waals surface area (Å²) in [6.07, 6.45) is 1.56. The van der Waals surface area contributed by atoms with E-state index in [1.165, 1.54) is 18.1 Å². The molecule has 0 saturated heterocycles. The first-order valence-corrected chi connectivity index (χ1v) is 8.74. The Labute approximate surface area is 153 Å². The fourth-order valence-corrected chi connectivity index (χ4v) is 3.53. The summed E-state index contributed by atoms with van der Waals surface area (Å²) in [7, 11) is 0. The number of hydrogen-bond donors (Lipinski definition) is 1. The predicted octanol–water partition coefficient (Wildman–Crippen LogP) is 4.71. The van der Waals surface area contributed by atoms with Crippen molar-refractivity contribution in [1.29, 1.82) is 0 Å². The zero-order chi connectivity index (χ0) is 19.2. The van der Waals surface area contributed by atoms with Gasteiger partial charge in [-0.3, -0.25) is 14.6 Å². The third-order valence-corrected chi connectivity index (χ3v) is 4.75. The average Bonchev–Trinajstić information content (AvgIpc) is 2.54. The van der Waals surface area contributed by atoms with Gasteiger partial charge in [0, 0.05) is 30.4 Å². The van der Waals surface area contributed by atoms with Crippen LogP contribution in [-0.4, -0.2) is 15.8 Å². The summed E-state index contributed by atoms with van der Waals surface area (Å²) in [5.74, 6) is -0.213. The van der Waals surface area contributed by atoms with Gasteiger partial charge in [0.05, 0.1) is 10.9 Å². The van der Waals surface area contributed by atoms with Crippen LogP contribution in [-0.2, 0) is 5.41 Å². The fraction of sp³-hybridized carbons (Fsp3) is 0.318. The van der Waals surface area contributed by atoms with E-state index in [4.69, 9.17) is 0 Å². The van der Waals surface area contributed by atoms with Crippen LogP contribution in [0.4, 0.5) is 0 Å². The van der Waals surface area contributed by atoms with Gasteiger partial charge in [-0.2, -0.15) is 0 Å². The molecule has 3 rings (SSSR count). The van der Waals surface area contributed by atoms with Crippen LogP contribution in [0.15, 0.2) is 35.3 Å². The van der Waals surface area contributed by atoms with Crippen LogP contribution in [0.2, 0.25) is 0 Å². The molecule has 0 bridgehead atoms. The lowest BCUT2D eigenvalue weighted by Crippen LogP contribution is -2.14. The fourth-order valence-electron chi connectivity index (χ4n) is 3.53. The van der Waals surface area contributed by atoms with E-state index in [1.54, 1.807) is 18.3 Å². The SMILES string of the molecule is CC(=O)c1nccc2[nH]c(-c3cc(C)c(C(C)(C)C)cc3C)cc(=O)c12. The molecule has 0 radical (unpaired) electrons. The van der Waals surface area contributed by atoms with Crippen molar-refractivity contribution in [1.82, 2.24) is 9.97 Å². The molecule has 0 aliphatic rings. The van der Waals surface area contributed by atoms with Gasteiger partial charge in [0.2, 0.25) is 0 Å². The molecule has 4 heteroatoms. The molecule has 0 aliphatic carbocycles. The summed E-state index contributed by atoms with van der Waals surface area (Å²) in [4.78, 5) is 31.9. The lowest BCUT2D eigenvalue weighted by Gasteiger charge is -2.23. The monoisotopic (exact) mass is 348 g/mol. The van der Waals surface area contributed by atoms with Crippen LogP contribution in [0.5, 0.6) is 0 Å². The van der Waals surface area contributed by atoms with E-state index in [0.29, 0.717) is 10.9 Å². The van der Waals surface area contributed by atoms with Gasteiger partial charge in [-0.25, -0.2) is 0 Å². The van der Waals surface area contributed by atoms with Gasteiger partial charge in [-0.05, 0) is 48.1 Å². The van der Waals surface area contributed by atoms with Crippen molar-refractivity contribution in [2.75, 3.05) is 0 Å². The molecule has 0 saturated carbocycles. The molecule has 0 aliphatic heterocycles. The Morgan fingerprint density at radius 2 is 1.77 bits per heavy atom. The Morgan fingerprint density at radius 1 is 1.08 bits per heavy atom. The molecule has 2 heterocycles. The van der Waals surface area contributed by atoms with E-state index in [2.05, 4.69) is 56.7 Å². The Bertz CT molecular complexity index is 1090. The van der Waals surface area contributed by atoms with Crippen molar-refractivity contribution in [3.05, 3.63) is 63.1 Å². The largest absolute Gasteiger partial charge is 0.354 e. The molecule has 2 aromatic heterocycles. The summed E-state index contributed by atoms with van der Waals surface area (Å²) in [5.41, 5.74) is 6.06. The van der Waals surface area contributed by atoms with Crippen molar-refractivity contribution < 1.29 is 4.79 Å². The van der Waals surface area contributed by atoms with Gasteiger partial charge in [0.15, 0.2) is 11.2 Å². The normalized spacial score (nSPS) is 11.8. The second-order valence-electron chi connectivity index (χ2n) is 7.92. The van der Waals surface area contributed by atoms with Crippen LogP contribution in [0, 0.1) is 13.8 Å². The third kappa shape index (κ3) is 3.07. The van der Waals surface area contributed by atoms with Crippen molar-refractivity contribution in [2.45, 2.75) is 47.0 Å². The first-order chi connectivity index (χ1) is 12.1. The average molecular weight is 348 g/mol. The van der Waals surface area contributed by atoms with E-state index >= 15 is 0 Å². The lowest BCUT2D eigenvalue weighted by atomic mass is 9.82. The molecule has 3 aromatic rings. The number of aryl methyl sites for hydroxylation is 2. The maximum Gasteiger partial charge on any atom is 0.192 e. The van der Waals surface area contributed by atoms with Crippen LogP contribution in [0.25, 0.3) is 22.2 Å². The molecule has 0 unspecified atom stereocenters. The van der Waals surface area contributed by atoms with E-state index < -0.39 is 0 Å². The van der Waals surface area contributed by atoms with Crippen LogP contribution < -0.4 is 5.43 Å². The number of H-pyrrole nitrogens is 1. The van der Waals surface area contributed by atoms with Crippen molar-refractivity contribution in [3.8, 4) is 11.3 Å². The maximum atomic E-state index is 12.7. The number of hydrogen-bond acceptors (Lipinski definition) is 3. The Morgan fingerprint density at radius 3 is 2.38 bits per heavy atom. The highest BCUT2D eigenvalue weighted by Crippen LogP contribution is 2.32. The molecule has 26 heavy (non-hydrogen) atoms. The van der Waals surface area contributed by atoms with Crippen LogP contribution in [0.1, 0.15) is 54.9 Å². The molecular formula is C22H24N2O2. The summed E-state index contributed by atoms with van der Waals surface area (Å²) in [5, 5.41) is 0.351. The number of rotatable bonds is 2. The number of carbonyl (C=O) groups excluding carboxylic acids is 1. The predicted molar refractivity (Wildman–Crippen MR) is 106 cm³/mol. The first kappa shape index (κ1) is 18.1. The molecule has 0 fully saturated rings. The maximum absolute atomic E-state index is 12.7. The van der Waals surface area contributed by atoms with Crippen LogP contribution in [0.3, 0.4) is 0 Å². The van der Waals surface area contributed by atoms with Crippen molar-refractivity contribution >= 4 is 16.7 Å². The van der Waals surface area contributed by atoms with Gasteiger partial charge in [0.25, 0.3) is 0 Å². The van der Waals surface area contributed by atoms with E-state index in [9.17, 15) is 9.59 Å². The topological polar surface area (TPSA) is 62.8 Å². The molecule has 0 spiro atoms. The summed E-state index contributed by atoms with van der Waals surface area (Å²) >= 11 is 0. The number of nitrogens with one attached hydrogen (secondary N) is 1. The number of pyridine rings is 2. The summed E-state index contributed by atoms with van der Waals surface area (Å²) in [6, 6.07) is 7.62. The Hall–Kier alpha value is -2.75. The molecule has 0 amide bonds. The number of carbonyl (C=O) groups is 1. The quantitative estimate of drug-likeness (QED) is 0.682. The van der Waals surface area contributed by atoms with Gasteiger partial charge in [-0.1, -0.05) is 26.8 Å². The zero-order valence-electron chi connectivity index (χ0n) is 16.2. The number of benzene rings is 1. The minimum atomic E-state index is -0.213. The number of aromatic nitrogens is 2. The zero-order valence-corrected chi connectivity index (χ0v) is 16.2. The van der Waals surface area contributed by atoms with Crippen molar-refractivity contribution in [3.63, 3.8) is 0 Å². The highest BCUT2D eigenvalue weighted by atomic mass is 16.1. The van der Waals surface area contributed by atoms with Gasteiger partial charge in [0.1, 0.15) is 5.69 Å². The number of nitrogens with zero attached hydrogens (tertiary/aromatic N) is 1. The number of Topliss-reactive ketones (excluding diaryl/α,β-unsaturated/α-hetero) is 1. The highest BCUT2D eigenvalue weighted by Gasteiger charge is 2.19. The summed E-state index contributed by atoms with van der Waals surface area (Å²) < 4.78 is 0. The smallest absolute Gasteiger partial charge is 0.192 e. The number of fused-ring (bicyclic) bond motifs is 1. The van der Waals surface area contributed by atoms with Gasteiger partial charge < -0.3 is 4.98 Å². The minimum Gasteiger partial charge on any atom is -0.354 e. The summed E-state index contributed by atoms with van der Waals surface area (Å²) in [6.45, 7) is 12.2. The molecule has 0 atom stereocenters. The van der Waals surface area contributed by atoms with E-state index in [1.807, 2.05) is 0 Å². The molecule has 1 N–H and O–H groups in total. The standard InChI is InChI=1S/C22H24N2O2/c1-12-10-16(22(4,5)6)13(2)9-15(12)18-11-19(26)20-17(24-18)7-8-23-21(20)14(3)25/h7-11H,1-6H3,(H,24,26).